The quantitative estimate of drug-likeness (QED) is 0.863. The molecule has 0 saturated carbocycles. The van der Waals surface area contributed by atoms with Gasteiger partial charge in [0.25, 0.3) is 0 Å². The van der Waals surface area contributed by atoms with Gasteiger partial charge < -0.3 is 9.84 Å². The molecule has 2 nitrogen and oxygen atoms in total. The Balaban J connectivity index is 2.71. The van der Waals surface area contributed by atoms with E-state index in [0.717, 1.165) is 10.8 Å². The van der Waals surface area contributed by atoms with Gasteiger partial charge in [0.1, 0.15) is 16.7 Å². The van der Waals surface area contributed by atoms with Crippen molar-refractivity contribution in [3.63, 3.8) is 0 Å². The molecule has 0 aliphatic heterocycles. The van der Waals surface area contributed by atoms with Crippen molar-refractivity contribution in [1.29, 1.82) is 0 Å². The Morgan fingerprint density at radius 2 is 1.82 bits per heavy atom. The van der Waals surface area contributed by atoms with Crippen LogP contribution >= 0.6 is 23.2 Å². The third-order valence-electron chi connectivity index (χ3n) is 2.69. The van der Waals surface area contributed by atoms with Crippen molar-refractivity contribution in [3.8, 4) is 5.75 Å². The molecular weight excluding hydrogens is 259 g/mol. The highest BCUT2D eigenvalue weighted by Gasteiger charge is 2.22. The lowest BCUT2D eigenvalue weighted by atomic mass is 10.00. The minimum absolute atomic E-state index is 0.586. The lowest BCUT2D eigenvalue weighted by Crippen LogP contribution is -2.08. The number of aliphatic hydroxyl groups is 1. The number of aliphatic hydroxyl groups excluding tert-OH is 1. The van der Waals surface area contributed by atoms with E-state index in [9.17, 15) is 5.11 Å². The molecule has 0 fully saturated rings. The summed E-state index contributed by atoms with van der Waals surface area (Å²) < 4.78 is 5.25. The molecular formula is C13H12Cl2O2. The molecule has 2 aromatic rings. The Hall–Kier alpha value is -0.960. The van der Waals surface area contributed by atoms with E-state index >= 15 is 0 Å². The number of hydrogen-bond acceptors (Lipinski definition) is 2. The van der Waals surface area contributed by atoms with Crippen LogP contribution in [0.3, 0.4) is 0 Å². The second-order valence-electron chi connectivity index (χ2n) is 3.68. The molecule has 0 saturated heterocycles. The van der Waals surface area contributed by atoms with E-state index in [1.165, 1.54) is 0 Å². The summed E-state index contributed by atoms with van der Waals surface area (Å²) in [6.07, 6.45) is -0.973. The highest BCUT2D eigenvalue weighted by molar-refractivity contribution is 6.44. The van der Waals surface area contributed by atoms with Crippen molar-refractivity contribution < 1.29 is 9.84 Å². The van der Waals surface area contributed by atoms with Gasteiger partial charge in [0.2, 0.25) is 0 Å². The summed E-state index contributed by atoms with van der Waals surface area (Å²) in [5, 5.41) is 12.0. The van der Waals surface area contributed by atoms with E-state index in [1.807, 2.05) is 30.3 Å². The second-order valence-corrected chi connectivity index (χ2v) is 4.85. The van der Waals surface area contributed by atoms with Crippen molar-refractivity contribution >= 4 is 34.0 Å². The Bertz CT molecular complexity index is 526. The molecule has 17 heavy (non-hydrogen) atoms. The van der Waals surface area contributed by atoms with E-state index in [0.29, 0.717) is 11.3 Å². The number of halogens is 2. The molecule has 0 heterocycles. The molecule has 0 amide bonds. The zero-order valence-electron chi connectivity index (χ0n) is 9.23. The van der Waals surface area contributed by atoms with E-state index < -0.39 is 10.9 Å². The molecule has 0 spiro atoms. The first-order valence-corrected chi connectivity index (χ1v) is 6.04. The smallest absolute Gasteiger partial charge is 0.137 e. The number of benzene rings is 2. The number of alkyl halides is 2. The second kappa shape index (κ2) is 5.13. The van der Waals surface area contributed by atoms with Gasteiger partial charge in [-0.3, -0.25) is 0 Å². The maximum atomic E-state index is 10.1. The minimum Gasteiger partial charge on any atom is -0.496 e. The molecule has 0 aliphatic carbocycles. The van der Waals surface area contributed by atoms with Crippen molar-refractivity contribution in [1.82, 2.24) is 0 Å². The number of fused-ring (bicyclic) bond motifs is 1. The number of ether oxygens (including phenoxy) is 1. The topological polar surface area (TPSA) is 29.5 Å². The standard InChI is InChI=1S/C13H12Cl2O2/c1-17-10-7-6-8-4-2-3-5-9(8)11(10)12(16)13(14)15/h2-7,12-13,16H,1H3. The summed E-state index contributed by atoms with van der Waals surface area (Å²) in [5.41, 5.74) is 0.626. The van der Waals surface area contributed by atoms with Gasteiger partial charge in [-0.25, -0.2) is 0 Å². The molecule has 1 N–H and O–H groups in total. The van der Waals surface area contributed by atoms with E-state index in [2.05, 4.69) is 0 Å². The Morgan fingerprint density at radius 1 is 1.12 bits per heavy atom. The van der Waals surface area contributed by atoms with E-state index in [1.54, 1.807) is 13.2 Å². The number of rotatable bonds is 3. The fourth-order valence-corrected chi connectivity index (χ4v) is 2.14. The molecule has 2 rings (SSSR count). The lowest BCUT2D eigenvalue weighted by molar-refractivity contribution is 0.189. The molecule has 0 radical (unpaired) electrons. The SMILES string of the molecule is COc1ccc2ccccc2c1C(O)C(Cl)Cl. The summed E-state index contributed by atoms with van der Waals surface area (Å²) in [7, 11) is 1.55. The van der Waals surface area contributed by atoms with Crippen LogP contribution in [0, 0.1) is 0 Å². The van der Waals surface area contributed by atoms with Gasteiger partial charge >= 0.3 is 0 Å². The maximum Gasteiger partial charge on any atom is 0.137 e. The average Bonchev–Trinajstić information content (AvgIpc) is 2.36. The highest BCUT2D eigenvalue weighted by atomic mass is 35.5. The molecule has 2 aromatic carbocycles. The fourth-order valence-electron chi connectivity index (χ4n) is 1.88. The fraction of sp³-hybridized carbons (Fsp3) is 0.231. The number of hydrogen-bond donors (Lipinski definition) is 1. The molecule has 0 bridgehead atoms. The van der Waals surface area contributed by atoms with Crippen molar-refractivity contribution in [2.75, 3.05) is 7.11 Å². The average molecular weight is 271 g/mol. The molecule has 0 aliphatic rings. The Kier molecular flexibility index (Phi) is 3.77. The third kappa shape index (κ3) is 2.34. The molecule has 1 unspecified atom stereocenters. The zero-order valence-corrected chi connectivity index (χ0v) is 10.7. The van der Waals surface area contributed by atoms with Crippen molar-refractivity contribution in [2.45, 2.75) is 10.9 Å². The van der Waals surface area contributed by atoms with Gasteiger partial charge in [0.15, 0.2) is 0 Å². The third-order valence-corrected chi connectivity index (χ3v) is 3.16. The lowest BCUT2D eigenvalue weighted by Gasteiger charge is -2.18. The molecule has 1 atom stereocenters. The molecule has 4 heteroatoms. The monoisotopic (exact) mass is 270 g/mol. The van der Waals surface area contributed by atoms with Crippen LogP contribution in [0.4, 0.5) is 0 Å². The van der Waals surface area contributed by atoms with Crippen LogP contribution in [-0.2, 0) is 0 Å². The van der Waals surface area contributed by atoms with Crippen molar-refractivity contribution in [3.05, 3.63) is 42.0 Å². The van der Waals surface area contributed by atoms with Crippen LogP contribution < -0.4 is 4.74 Å². The van der Waals surface area contributed by atoms with E-state index in [-0.39, 0.29) is 0 Å². The van der Waals surface area contributed by atoms with Crippen LogP contribution in [0.2, 0.25) is 0 Å². The van der Waals surface area contributed by atoms with Gasteiger partial charge in [-0.2, -0.15) is 0 Å². The predicted octanol–water partition coefficient (Wildman–Crippen LogP) is 3.69. The number of methoxy groups -OCH3 is 1. The largest absolute Gasteiger partial charge is 0.496 e. The Labute approximate surface area is 110 Å². The van der Waals surface area contributed by atoms with E-state index in [4.69, 9.17) is 27.9 Å². The van der Waals surface area contributed by atoms with Crippen molar-refractivity contribution in [2.24, 2.45) is 0 Å². The summed E-state index contributed by atoms with van der Waals surface area (Å²) in [4.78, 5) is -0.894. The summed E-state index contributed by atoms with van der Waals surface area (Å²) >= 11 is 11.5. The van der Waals surface area contributed by atoms with Gasteiger partial charge in [0.05, 0.1) is 7.11 Å². The first-order valence-electron chi connectivity index (χ1n) is 5.17. The first kappa shape index (κ1) is 12.5. The van der Waals surface area contributed by atoms with Gasteiger partial charge in [-0.05, 0) is 16.8 Å². The highest BCUT2D eigenvalue weighted by Crippen LogP contribution is 2.36. The minimum atomic E-state index is -0.973. The summed E-state index contributed by atoms with van der Waals surface area (Å²) in [5.74, 6) is 0.586. The summed E-state index contributed by atoms with van der Waals surface area (Å²) in [6.45, 7) is 0. The van der Waals surface area contributed by atoms with Crippen LogP contribution in [-0.4, -0.2) is 17.1 Å². The summed E-state index contributed by atoms with van der Waals surface area (Å²) in [6, 6.07) is 11.4. The Morgan fingerprint density at radius 3 is 2.47 bits per heavy atom. The van der Waals surface area contributed by atoms with Crippen LogP contribution in [0.15, 0.2) is 36.4 Å². The first-order chi connectivity index (χ1) is 8.15. The van der Waals surface area contributed by atoms with Crippen LogP contribution in [0.1, 0.15) is 11.7 Å². The molecule has 0 aromatic heterocycles. The maximum absolute atomic E-state index is 10.1. The van der Waals surface area contributed by atoms with Gasteiger partial charge in [0, 0.05) is 5.56 Å². The predicted molar refractivity (Wildman–Crippen MR) is 71.0 cm³/mol. The molecule has 90 valence electrons. The normalized spacial score (nSPS) is 13.0. The van der Waals surface area contributed by atoms with Crippen LogP contribution in [0.5, 0.6) is 5.75 Å². The zero-order chi connectivity index (χ0) is 12.4. The van der Waals surface area contributed by atoms with Gasteiger partial charge in [-0.15, -0.1) is 23.2 Å². The van der Waals surface area contributed by atoms with Crippen LogP contribution in [0.25, 0.3) is 10.8 Å². The van der Waals surface area contributed by atoms with Gasteiger partial charge in [-0.1, -0.05) is 30.3 Å².